The Morgan fingerprint density at radius 3 is 2.51 bits per heavy atom. The highest BCUT2D eigenvalue weighted by molar-refractivity contribution is 6.30. The Labute approximate surface area is 215 Å². The lowest BCUT2D eigenvalue weighted by molar-refractivity contribution is -0.401. The maximum atomic E-state index is 6.35. The molecule has 0 aliphatic carbocycles. The zero-order valence-corrected chi connectivity index (χ0v) is 22.6. The van der Waals surface area contributed by atoms with Gasteiger partial charge in [0.1, 0.15) is 7.05 Å². The van der Waals surface area contributed by atoms with Crippen LogP contribution in [0.3, 0.4) is 0 Å². The minimum absolute atomic E-state index is 0.0769. The SMILES string of the molecule is CCCCN1C(=CC=CC2=[N+](C)c3ccc(Cl)cc3C2(C)C)C(C)(C)c2c1ccc1ccccc21. The molecule has 180 valence electrons. The molecule has 0 bridgehead atoms. The first-order valence-electron chi connectivity index (χ1n) is 12.8. The molecule has 0 saturated carbocycles. The number of benzene rings is 3. The number of fused-ring (bicyclic) bond motifs is 4. The van der Waals surface area contributed by atoms with Crippen molar-refractivity contribution in [1.82, 2.24) is 0 Å². The zero-order chi connectivity index (χ0) is 25.0. The summed E-state index contributed by atoms with van der Waals surface area (Å²) in [5, 5.41) is 3.47. The number of hydrogen-bond acceptors (Lipinski definition) is 1. The van der Waals surface area contributed by atoms with E-state index in [4.69, 9.17) is 11.6 Å². The van der Waals surface area contributed by atoms with Gasteiger partial charge in [-0.3, -0.25) is 0 Å². The van der Waals surface area contributed by atoms with Gasteiger partial charge in [0, 0.05) is 46.1 Å². The highest BCUT2D eigenvalue weighted by Gasteiger charge is 2.43. The summed E-state index contributed by atoms with van der Waals surface area (Å²) in [6, 6.07) is 19.6. The molecule has 35 heavy (non-hydrogen) atoms. The molecule has 3 heteroatoms. The number of halogens is 1. The third-order valence-electron chi connectivity index (χ3n) is 7.99. The molecule has 0 amide bonds. The molecule has 0 unspecified atom stereocenters. The standard InChI is InChI=1S/C32H36ClN2/c1-7-8-20-35-27-18-16-22-12-9-10-13-24(22)30(27)32(4,5)29(35)15-11-14-28-31(2,3)25-21-23(33)17-19-26(25)34(28)6/h9-19,21H,7-8,20H2,1-6H3/q+1. The molecule has 0 radical (unpaired) electrons. The minimum Gasteiger partial charge on any atom is -0.344 e. The van der Waals surface area contributed by atoms with Crippen LogP contribution < -0.4 is 4.90 Å². The van der Waals surface area contributed by atoms with Crippen molar-refractivity contribution in [2.45, 2.75) is 58.3 Å². The van der Waals surface area contributed by atoms with E-state index < -0.39 is 0 Å². The van der Waals surface area contributed by atoms with Crippen LogP contribution >= 0.6 is 11.6 Å². The van der Waals surface area contributed by atoms with Crippen LogP contribution in [0, 0.1) is 0 Å². The first kappa shape index (κ1) is 23.9. The van der Waals surface area contributed by atoms with Gasteiger partial charge in [-0.15, -0.1) is 0 Å². The van der Waals surface area contributed by atoms with Crippen molar-refractivity contribution in [3.63, 3.8) is 0 Å². The van der Waals surface area contributed by atoms with E-state index in [1.807, 2.05) is 6.07 Å². The van der Waals surface area contributed by atoms with E-state index in [1.165, 1.54) is 57.5 Å². The summed E-state index contributed by atoms with van der Waals surface area (Å²) in [5.41, 5.74) is 7.79. The van der Waals surface area contributed by atoms with Crippen molar-refractivity contribution in [2.24, 2.45) is 0 Å². The van der Waals surface area contributed by atoms with E-state index in [9.17, 15) is 0 Å². The average Bonchev–Trinajstić information content (AvgIpc) is 3.16. The van der Waals surface area contributed by atoms with E-state index in [0.717, 1.165) is 11.6 Å². The van der Waals surface area contributed by atoms with Gasteiger partial charge in [-0.25, -0.2) is 0 Å². The quantitative estimate of drug-likeness (QED) is 0.329. The van der Waals surface area contributed by atoms with Gasteiger partial charge in [0.25, 0.3) is 0 Å². The Kier molecular flexibility index (Phi) is 5.92. The Bertz CT molecular complexity index is 1400. The number of unbranched alkanes of at least 4 members (excludes halogenated alkanes) is 1. The molecule has 2 heterocycles. The van der Waals surface area contributed by atoms with Gasteiger partial charge < -0.3 is 4.90 Å². The van der Waals surface area contributed by atoms with Crippen LogP contribution in [0.1, 0.15) is 58.6 Å². The molecule has 2 nitrogen and oxygen atoms in total. The second-order valence-corrected chi connectivity index (χ2v) is 11.4. The third kappa shape index (κ3) is 3.74. The molecule has 3 aromatic rings. The molecule has 0 spiro atoms. The van der Waals surface area contributed by atoms with Gasteiger partial charge >= 0.3 is 0 Å². The van der Waals surface area contributed by atoms with Crippen molar-refractivity contribution in [3.8, 4) is 0 Å². The van der Waals surface area contributed by atoms with Gasteiger partial charge in [0.15, 0.2) is 5.71 Å². The topological polar surface area (TPSA) is 6.25 Å². The lowest BCUT2D eigenvalue weighted by Crippen LogP contribution is -2.27. The number of allylic oxidation sites excluding steroid dienone is 4. The fraction of sp³-hybridized carbons (Fsp3) is 0.344. The summed E-state index contributed by atoms with van der Waals surface area (Å²) >= 11 is 6.35. The zero-order valence-electron chi connectivity index (χ0n) is 21.8. The predicted octanol–water partition coefficient (Wildman–Crippen LogP) is 8.54. The van der Waals surface area contributed by atoms with Gasteiger partial charge in [-0.2, -0.15) is 4.58 Å². The number of hydrogen-bond donors (Lipinski definition) is 0. The van der Waals surface area contributed by atoms with Crippen LogP contribution in [0.25, 0.3) is 10.8 Å². The van der Waals surface area contributed by atoms with Gasteiger partial charge in [-0.05, 0) is 60.9 Å². The Morgan fingerprint density at radius 2 is 1.74 bits per heavy atom. The number of nitrogens with zero attached hydrogens (tertiary/aromatic N) is 2. The maximum Gasteiger partial charge on any atom is 0.209 e. The van der Waals surface area contributed by atoms with E-state index in [1.54, 1.807) is 0 Å². The second kappa shape index (κ2) is 8.68. The van der Waals surface area contributed by atoms with Crippen molar-refractivity contribution in [1.29, 1.82) is 0 Å². The molecule has 0 fully saturated rings. The first-order valence-corrected chi connectivity index (χ1v) is 13.2. The molecular weight excluding hydrogens is 448 g/mol. The summed E-state index contributed by atoms with van der Waals surface area (Å²) in [7, 11) is 2.16. The molecule has 3 aromatic carbocycles. The fourth-order valence-corrected chi connectivity index (χ4v) is 6.30. The lowest BCUT2D eigenvalue weighted by Gasteiger charge is -2.27. The first-order chi connectivity index (χ1) is 16.7. The highest BCUT2D eigenvalue weighted by Crippen LogP contribution is 2.51. The van der Waals surface area contributed by atoms with Gasteiger partial charge in [0.05, 0.1) is 5.41 Å². The summed E-state index contributed by atoms with van der Waals surface area (Å²) in [6.07, 6.45) is 9.24. The lowest BCUT2D eigenvalue weighted by atomic mass is 9.80. The van der Waals surface area contributed by atoms with Crippen molar-refractivity contribution >= 4 is 39.5 Å². The largest absolute Gasteiger partial charge is 0.344 e. The van der Waals surface area contributed by atoms with E-state index in [2.05, 4.69) is 118 Å². The predicted molar refractivity (Wildman–Crippen MR) is 152 cm³/mol. The van der Waals surface area contributed by atoms with Crippen LogP contribution in [0.15, 0.2) is 78.5 Å². The molecule has 2 aliphatic heterocycles. The normalized spacial score (nSPS) is 19.3. The monoisotopic (exact) mass is 483 g/mol. The maximum absolute atomic E-state index is 6.35. The molecular formula is C32H36ClN2+. The van der Waals surface area contributed by atoms with Crippen molar-refractivity contribution in [3.05, 3.63) is 94.7 Å². The van der Waals surface area contributed by atoms with Crippen LogP contribution in [0.2, 0.25) is 5.02 Å². The molecule has 0 atom stereocenters. The Hall–Kier alpha value is -2.84. The summed E-state index contributed by atoms with van der Waals surface area (Å²) in [4.78, 5) is 2.55. The van der Waals surface area contributed by atoms with E-state index in [0.29, 0.717) is 0 Å². The van der Waals surface area contributed by atoms with E-state index in [-0.39, 0.29) is 10.8 Å². The molecule has 0 saturated heterocycles. The van der Waals surface area contributed by atoms with Crippen LogP contribution in [-0.4, -0.2) is 23.9 Å². The third-order valence-corrected chi connectivity index (χ3v) is 8.23. The molecule has 2 aliphatic rings. The van der Waals surface area contributed by atoms with Crippen LogP contribution in [-0.2, 0) is 10.8 Å². The fourth-order valence-electron chi connectivity index (χ4n) is 6.13. The van der Waals surface area contributed by atoms with Crippen molar-refractivity contribution < 1.29 is 4.58 Å². The number of rotatable bonds is 5. The summed E-state index contributed by atoms with van der Waals surface area (Å²) < 4.78 is 2.30. The minimum atomic E-state index is -0.101. The molecule has 0 N–H and O–H groups in total. The highest BCUT2D eigenvalue weighted by atomic mass is 35.5. The van der Waals surface area contributed by atoms with Crippen molar-refractivity contribution in [2.75, 3.05) is 18.5 Å². The second-order valence-electron chi connectivity index (χ2n) is 11.0. The smallest absolute Gasteiger partial charge is 0.209 e. The Morgan fingerprint density at radius 1 is 0.971 bits per heavy atom. The number of anilines is 1. The molecule has 5 rings (SSSR count). The van der Waals surface area contributed by atoms with Crippen LogP contribution in [0.5, 0.6) is 0 Å². The molecule has 0 aromatic heterocycles. The van der Waals surface area contributed by atoms with E-state index >= 15 is 0 Å². The Balaban J connectivity index is 1.58. The summed E-state index contributed by atoms with van der Waals surface area (Å²) in [6.45, 7) is 12.6. The summed E-state index contributed by atoms with van der Waals surface area (Å²) in [5.74, 6) is 0. The van der Waals surface area contributed by atoms with Gasteiger partial charge in [0.2, 0.25) is 5.69 Å². The van der Waals surface area contributed by atoms with Crippen LogP contribution in [0.4, 0.5) is 11.4 Å². The average molecular weight is 484 g/mol. The van der Waals surface area contributed by atoms with Gasteiger partial charge in [-0.1, -0.05) is 75.2 Å².